The van der Waals surface area contributed by atoms with Gasteiger partial charge in [-0.05, 0) is 17.7 Å². The predicted molar refractivity (Wildman–Crippen MR) is 62.6 cm³/mol. The summed E-state index contributed by atoms with van der Waals surface area (Å²) in [6.45, 7) is 2.71. The lowest BCUT2D eigenvalue weighted by Gasteiger charge is -2.21. The summed E-state index contributed by atoms with van der Waals surface area (Å²) in [6.07, 6.45) is 0. The number of fused-ring (bicyclic) bond motifs is 1. The lowest BCUT2D eigenvalue weighted by molar-refractivity contribution is -0.140. The van der Waals surface area contributed by atoms with Gasteiger partial charge in [-0.2, -0.15) is 5.26 Å². The van der Waals surface area contributed by atoms with Gasteiger partial charge in [-0.15, -0.1) is 0 Å². The summed E-state index contributed by atoms with van der Waals surface area (Å²) in [4.78, 5) is 11.0. The molecule has 0 bridgehead atoms. The second-order valence-electron chi connectivity index (χ2n) is 4.14. The molecule has 5 nitrogen and oxygen atoms in total. The van der Waals surface area contributed by atoms with Crippen LogP contribution in [0.4, 0.5) is 0 Å². The second kappa shape index (κ2) is 4.96. The Morgan fingerprint density at radius 1 is 1.39 bits per heavy atom. The molecule has 0 saturated carbocycles. The average Bonchev–Trinajstić information content (AvgIpc) is 2.38. The second-order valence-corrected chi connectivity index (χ2v) is 4.14. The Labute approximate surface area is 105 Å². The Morgan fingerprint density at radius 3 is 2.67 bits per heavy atom. The van der Waals surface area contributed by atoms with E-state index in [1.165, 1.54) is 0 Å². The van der Waals surface area contributed by atoms with E-state index < -0.39 is 17.8 Å². The summed E-state index contributed by atoms with van der Waals surface area (Å²) in [6, 6.07) is 7.07. The van der Waals surface area contributed by atoms with Crippen LogP contribution in [0.5, 0.6) is 11.5 Å². The summed E-state index contributed by atoms with van der Waals surface area (Å²) in [5, 5.41) is 17.8. The molecule has 1 N–H and O–H groups in total. The summed E-state index contributed by atoms with van der Waals surface area (Å²) in [5.74, 6) is -1.32. The van der Waals surface area contributed by atoms with E-state index >= 15 is 0 Å². The fourth-order valence-corrected chi connectivity index (χ4v) is 1.92. The molecule has 2 unspecified atom stereocenters. The molecule has 0 aromatic heterocycles. The first kappa shape index (κ1) is 12.2. The minimum atomic E-state index is -1.11. The standard InChI is InChI=1S/C13H13NO4/c1-8(10(7-14)13(15)16)9-2-3-11-12(6-9)18-5-4-17-11/h2-3,6,8,10H,4-5H2,1H3,(H,15,16). The van der Waals surface area contributed by atoms with Crippen LogP contribution in [0.1, 0.15) is 18.4 Å². The van der Waals surface area contributed by atoms with Crippen molar-refractivity contribution >= 4 is 5.97 Å². The Hall–Kier alpha value is -2.22. The third kappa shape index (κ3) is 2.23. The van der Waals surface area contributed by atoms with Crippen molar-refractivity contribution in [3.63, 3.8) is 0 Å². The van der Waals surface area contributed by atoms with Crippen molar-refractivity contribution in [1.29, 1.82) is 5.26 Å². The van der Waals surface area contributed by atoms with E-state index in [1.807, 2.05) is 6.07 Å². The van der Waals surface area contributed by atoms with Crippen molar-refractivity contribution in [2.24, 2.45) is 5.92 Å². The minimum absolute atomic E-state index is 0.400. The molecule has 0 amide bonds. The summed E-state index contributed by atoms with van der Waals surface area (Å²) in [5.41, 5.74) is 0.758. The van der Waals surface area contributed by atoms with Crippen molar-refractivity contribution in [3.8, 4) is 17.6 Å². The molecule has 0 fully saturated rings. The van der Waals surface area contributed by atoms with Crippen LogP contribution < -0.4 is 9.47 Å². The van der Waals surface area contributed by atoms with Crippen molar-refractivity contribution in [3.05, 3.63) is 23.8 Å². The quantitative estimate of drug-likeness (QED) is 0.880. The molecule has 0 aliphatic carbocycles. The normalized spacial score (nSPS) is 16.4. The number of benzene rings is 1. The highest BCUT2D eigenvalue weighted by molar-refractivity contribution is 5.74. The van der Waals surface area contributed by atoms with E-state index in [4.69, 9.17) is 19.8 Å². The summed E-state index contributed by atoms with van der Waals surface area (Å²) < 4.78 is 10.8. The molecule has 0 spiro atoms. The highest BCUT2D eigenvalue weighted by Crippen LogP contribution is 2.35. The Kier molecular flexibility index (Phi) is 3.38. The van der Waals surface area contributed by atoms with Crippen molar-refractivity contribution < 1.29 is 19.4 Å². The average molecular weight is 247 g/mol. The van der Waals surface area contributed by atoms with Gasteiger partial charge in [0.05, 0.1) is 6.07 Å². The van der Waals surface area contributed by atoms with E-state index in [1.54, 1.807) is 25.1 Å². The molecule has 1 aromatic carbocycles. The van der Waals surface area contributed by atoms with E-state index in [0.29, 0.717) is 24.7 Å². The Morgan fingerprint density at radius 2 is 2.06 bits per heavy atom. The third-order valence-corrected chi connectivity index (χ3v) is 3.00. The number of hydrogen-bond donors (Lipinski definition) is 1. The van der Waals surface area contributed by atoms with Gasteiger partial charge < -0.3 is 14.6 Å². The van der Waals surface area contributed by atoms with Gasteiger partial charge in [0.15, 0.2) is 11.5 Å². The van der Waals surface area contributed by atoms with Crippen molar-refractivity contribution in [2.75, 3.05) is 13.2 Å². The summed E-state index contributed by atoms with van der Waals surface area (Å²) in [7, 11) is 0. The van der Waals surface area contributed by atoms with Crippen LogP contribution in [0.15, 0.2) is 18.2 Å². The number of aliphatic carboxylic acids is 1. The molecular weight excluding hydrogens is 234 g/mol. The van der Waals surface area contributed by atoms with E-state index in [-0.39, 0.29) is 0 Å². The fraction of sp³-hybridized carbons (Fsp3) is 0.385. The van der Waals surface area contributed by atoms with Crippen LogP contribution in [-0.2, 0) is 4.79 Å². The molecule has 1 aliphatic rings. The van der Waals surface area contributed by atoms with Gasteiger partial charge in [-0.1, -0.05) is 13.0 Å². The number of nitriles is 1. The molecule has 94 valence electrons. The van der Waals surface area contributed by atoms with Crippen LogP contribution in [0.3, 0.4) is 0 Å². The minimum Gasteiger partial charge on any atom is -0.486 e. The topological polar surface area (TPSA) is 79.5 Å². The smallest absolute Gasteiger partial charge is 0.321 e. The van der Waals surface area contributed by atoms with Crippen LogP contribution >= 0.6 is 0 Å². The predicted octanol–water partition coefficient (Wildman–Crippen LogP) is 1.79. The van der Waals surface area contributed by atoms with Crippen molar-refractivity contribution in [2.45, 2.75) is 12.8 Å². The largest absolute Gasteiger partial charge is 0.486 e. The monoisotopic (exact) mass is 247 g/mol. The maximum atomic E-state index is 11.0. The first-order valence-electron chi connectivity index (χ1n) is 5.65. The lowest BCUT2D eigenvalue weighted by atomic mass is 9.88. The van der Waals surface area contributed by atoms with Gasteiger partial charge in [0.1, 0.15) is 19.1 Å². The molecule has 2 rings (SSSR count). The first-order chi connectivity index (χ1) is 8.63. The molecule has 1 heterocycles. The Bertz CT molecular complexity index is 506. The molecule has 0 radical (unpaired) electrons. The number of ether oxygens (including phenoxy) is 2. The van der Waals surface area contributed by atoms with Crippen LogP contribution in [0, 0.1) is 17.2 Å². The number of hydrogen-bond acceptors (Lipinski definition) is 4. The lowest BCUT2D eigenvalue weighted by Crippen LogP contribution is -2.19. The van der Waals surface area contributed by atoms with E-state index in [2.05, 4.69) is 0 Å². The maximum Gasteiger partial charge on any atom is 0.321 e. The fourth-order valence-electron chi connectivity index (χ4n) is 1.92. The molecule has 5 heteroatoms. The van der Waals surface area contributed by atoms with E-state index in [0.717, 1.165) is 5.56 Å². The number of carboxylic acids is 1. The van der Waals surface area contributed by atoms with Crippen LogP contribution in [0.25, 0.3) is 0 Å². The number of carboxylic acid groups (broad SMARTS) is 1. The summed E-state index contributed by atoms with van der Waals surface area (Å²) >= 11 is 0. The molecule has 1 aliphatic heterocycles. The first-order valence-corrected chi connectivity index (χ1v) is 5.65. The molecule has 0 saturated heterocycles. The molecule has 18 heavy (non-hydrogen) atoms. The van der Waals surface area contributed by atoms with Gasteiger partial charge in [0.25, 0.3) is 0 Å². The molecular formula is C13H13NO4. The van der Waals surface area contributed by atoms with Crippen molar-refractivity contribution in [1.82, 2.24) is 0 Å². The van der Waals surface area contributed by atoms with Gasteiger partial charge in [0, 0.05) is 5.92 Å². The molecule has 1 aromatic rings. The zero-order chi connectivity index (χ0) is 13.1. The molecule has 2 atom stereocenters. The van der Waals surface area contributed by atoms with Gasteiger partial charge >= 0.3 is 5.97 Å². The van der Waals surface area contributed by atoms with Crippen LogP contribution in [-0.4, -0.2) is 24.3 Å². The third-order valence-electron chi connectivity index (χ3n) is 3.00. The van der Waals surface area contributed by atoms with Gasteiger partial charge in [-0.25, -0.2) is 0 Å². The van der Waals surface area contributed by atoms with Gasteiger partial charge in [-0.3, -0.25) is 4.79 Å². The Balaban J connectivity index is 2.28. The van der Waals surface area contributed by atoms with E-state index in [9.17, 15) is 4.79 Å². The maximum absolute atomic E-state index is 11.0. The zero-order valence-corrected chi connectivity index (χ0v) is 9.92. The number of rotatable bonds is 3. The van der Waals surface area contributed by atoms with Crippen LogP contribution in [0.2, 0.25) is 0 Å². The highest BCUT2D eigenvalue weighted by atomic mass is 16.6. The highest BCUT2D eigenvalue weighted by Gasteiger charge is 2.26. The number of carbonyl (C=O) groups is 1. The number of nitrogens with zero attached hydrogens (tertiary/aromatic N) is 1. The zero-order valence-electron chi connectivity index (χ0n) is 9.92. The SMILES string of the molecule is CC(c1ccc2c(c1)OCCO2)C(C#N)C(=O)O. The van der Waals surface area contributed by atoms with Gasteiger partial charge in [0.2, 0.25) is 0 Å².